The third-order valence-corrected chi connectivity index (χ3v) is 4.22. The van der Waals surface area contributed by atoms with Crippen molar-refractivity contribution in [1.82, 2.24) is 9.71 Å². The molecule has 5 nitrogen and oxygen atoms in total. The number of rotatable bonds is 5. The molecule has 0 bridgehead atoms. The van der Waals surface area contributed by atoms with Gasteiger partial charge in [-0.25, -0.2) is 13.1 Å². The van der Waals surface area contributed by atoms with Gasteiger partial charge < -0.3 is 0 Å². The van der Waals surface area contributed by atoms with Crippen LogP contribution in [-0.2, 0) is 10.0 Å². The van der Waals surface area contributed by atoms with Gasteiger partial charge in [-0.05, 0) is 43.0 Å². The van der Waals surface area contributed by atoms with Crippen LogP contribution in [0.5, 0.6) is 0 Å². The van der Waals surface area contributed by atoms with Crippen molar-refractivity contribution >= 4 is 21.9 Å². The van der Waals surface area contributed by atoms with Gasteiger partial charge in [0, 0.05) is 18.0 Å². The number of hydrogen-bond acceptors (Lipinski definition) is 4. The second-order valence-electron chi connectivity index (χ2n) is 4.22. The number of nitrogens with one attached hydrogen (secondary N) is 1. The summed E-state index contributed by atoms with van der Waals surface area (Å²) >= 11 is 0. The lowest BCUT2D eigenvalue weighted by Crippen LogP contribution is -2.18. The van der Waals surface area contributed by atoms with E-state index in [1.165, 1.54) is 31.3 Å². The number of aromatic nitrogens is 1. The first-order valence-electron chi connectivity index (χ1n) is 6.19. The fourth-order valence-electron chi connectivity index (χ4n) is 1.68. The molecule has 1 aromatic heterocycles. The monoisotopic (exact) mass is 302 g/mol. The lowest BCUT2D eigenvalue weighted by Gasteiger charge is -2.03. The van der Waals surface area contributed by atoms with Gasteiger partial charge in [-0.3, -0.25) is 9.78 Å². The average Bonchev–Trinajstić information content (AvgIpc) is 2.53. The summed E-state index contributed by atoms with van der Waals surface area (Å²) in [5.41, 5.74) is 1.11. The Bertz CT molecular complexity index is 769. The average molecular weight is 302 g/mol. The molecule has 0 spiro atoms. The van der Waals surface area contributed by atoms with Gasteiger partial charge in [0.2, 0.25) is 10.0 Å². The molecule has 0 aliphatic rings. The van der Waals surface area contributed by atoms with Crippen LogP contribution in [0.15, 0.2) is 59.8 Å². The van der Waals surface area contributed by atoms with E-state index >= 15 is 0 Å². The van der Waals surface area contributed by atoms with Crippen molar-refractivity contribution in [3.63, 3.8) is 0 Å². The van der Waals surface area contributed by atoms with E-state index in [0.717, 1.165) is 5.56 Å². The predicted molar refractivity (Wildman–Crippen MR) is 80.3 cm³/mol. The van der Waals surface area contributed by atoms with Gasteiger partial charge in [-0.1, -0.05) is 18.2 Å². The SMILES string of the molecule is CNS(=O)(=O)c1cccc(C(=O)C=Cc2cccnc2)c1. The zero-order chi connectivity index (χ0) is 15.3. The highest BCUT2D eigenvalue weighted by Crippen LogP contribution is 2.12. The molecule has 0 saturated heterocycles. The third-order valence-electron chi connectivity index (χ3n) is 2.81. The number of ketones is 1. The zero-order valence-corrected chi connectivity index (χ0v) is 12.2. The van der Waals surface area contributed by atoms with E-state index in [9.17, 15) is 13.2 Å². The Balaban J connectivity index is 2.25. The summed E-state index contributed by atoms with van der Waals surface area (Å²) in [7, 11) is -2.23. The molecule has 1 N–H and O–H groups in total. The third kappa shape index (κ3) is 3.84. The second kappa shape index (κ2) is 6.43. The number of hydrogen-bond donors (Lipinski definition) is 1. The number of pyridine rings is 1. The van der Waals surface area contributed by atoms with Crippen molar-refractivity contribution < 1.29 is 13.2 Å². The van der Waals surface area contributed by atoms with Crippen LogP contribution >= 0.6 is 0 Å². The molecular weight excluding hydrogens is 288 g/mol. The summed E-state index contributed by atoms with van der Waals surface area (Å²) in [6, 6.07) is 9.48. The lowest BCUT2D eigenvalue weighted by atomic mass is 10.1. The van der Waals surface area contributed by atoms with Crippen LogP contribution in [-0.4, -0.2) is 26.2 Å². The molecule has 0 fully saturated rings. The van der Waals surface area contributed by atoms with Gasteiger partial charge in [-0.2, -0.15) is 0 Å². The first-order valence-corrected chi connectivity index (χ1v) is 7.67. The molecule has 0 atom stereocenters. The Morgan fingerprint density at radius 2 is 2.05 bits per heavy atom. The molecule has 0 aliphatic carbocycles. The maximum atomic E-state index is 12.1. The maximum absolute atomic E-state index is 12.1. The van der Waals surface area contributed by atoms with Crippen LogP contribution in [0.1, 0.15) is 15.9 Å². The van der Waals surface area contributed by atoms with Crippen LogP contribution in [0.2, 0.25) is 0 Å². The zero-order valence-electron chi connectivity index (χ0n) is 11.4. The van der Waals surface area contributed by atoms with Crippen LogP contribution < -0.4 is 4.72 Å². The van der Waals surface area contributed by atoms with Gasteiger partial charge in [0.1, 0.15) is 0 Å². The summed E-state index contributed by atoms with van der Waals surface area (Å²) in [4.78, 5) is 16.1. The smallest absolute Gasteiger partial charge is 0.240 e. The minimum Gasteiger partial charge on any atom is -0.289 e. The molecule has 6 heteroatoms. The summed E-state index contributed by atoms with van der Waals surface area (Å²) in [5.74, 6) is -0.271. The molecule has 21 heavy (non-hydrogen) atoms. The fraction of sp³-hybridized carbons (Fsp3) is 0.0667. The Labute approximate surface area is 123 Å². The van der Waals surface area contributed by atoms with E-state index in [4.69, 9.17) is 0 Å². The molecule has 0 saturated carbocycles. The van der Waals surface area contributed by atoms with Gasteiger partial charge in [0.05, 0.1) is 4.90 Å². The van der Waals surface area contributed by atoms with E-state index in [-0.39, 0.29) is 10.7 Å². The van der Waals surface area contributed by atoms with Crippen LogP contribution in [0, 0.1) is 0 Å². The number of carbonyl (C=O) groups is 1. The Morgan fingerprint density at radius 3 is 2.71 bits per heavy atom. The molecule has 0 amide bonds. The van der Waals surface area contributed by atoms with Gasteiger partial charge >= 0.3 is 0 Å². The fourth-order valence-corrected chi connectivity index (χ4v) is 2.45. The Kier molecular flexibility index (Phi) is 4.62. The molecule has 1 heterocycles. The largest absolute Gasteiger partial charge is 0.289 e. The van der Waals surface area contributed by atoms with Gasteiger partial charge in [0.25, 0.3) is 0 Å². The van der Waals surface area contributed by atoms with Crippen molar-refractivity contribution in [1.29, 1.82) is 0 Å². The van der Waals surface area contributed by atoms with Gasteiger partial charge in [0.15, 0.2) is 5.78 Å². The number of sulfonamides is 1. The summed E-state index contributed by atoms with van der Waals surface area (Å²) in [6.07, 6.45) is 6.30. The van der Waals surface area contributed by atoms with E-state index in [0.29, 0.717) is 5.56 Å². The minimum absolute atomic E-state index is 0.0608. The molecule has 0 radical (unpaired) electrons. The lowest BCUT2D eigenvalue weighted by molar-refractivity contribution is 0.104. The van der Waals surface area contributed by atoms with Crippen molar-refractivity contribution in [2.75, 3.05) is 7.05 Å². The Morgan fingerprint density at radius 1 is 1.24 bits per heavy atom. The quantitative estimate of drug-likeness (QED) is 0.676. The summed E-state index contributed by atoms with van der Waals surface area (Å²) in [5, 5.41) is 0. The predicted octanol–water partition coefficient (Wildman–Crippen LogP) is 1.89. The summed E-state index contributed by atoms with van der Waals surface area (Å²) in [6.45, 7) is 0. The van der Waals surface area contributed by atoms with Crippen LogP contribution in [0.4, 0.5) is 0 Å². The molecule has 2 aromatic rings. The molecule has 108 valence electrons. The van der Waals surface area contributed by atoms with E-state index in [1.807, 2.05) is 6.07 Å². The number of nitrogens with zero attached hydrogens (tertiary/aromatic N) is 1. The van der Waals surface area contributed by atoms with Gasteiger partial charge in [-0.15, -0.1) is 0 Å². The van der Waals surface area contributed by atoms with Crippen LogP contribution in [0.25, 0.3) is 6.08 Å². The minimum atomic E-state index is -3.56. The first kappa shape index (κ1) is 15.1. The van der Waals surface area contributed by atoms with Crippen molar-refractivity contribution in [3.8, 4) is 0 Å². The summed E-state index contributed by atoms with van der Waals surface area (Å²) < 4.78 is 25.6. The second-order valence-corrected chi connectivity index (χ2v) is 6.11. The van der Waals surface area contributed by atoms with Crippen LogP contribution in [0.3, 0.4) is 0 Å². The number of benzene rings is 1. The molecule has 0 aliphatic heterocycles. The maximum Gasteiger partial charge on any atom is 0.240 e. The normalized spacial score (nSPS) is 11.7. The Hall–Kier alpha value is -2.31. The number of carbonyl (C=O) groups excluding carboxylic acids is 1. The first-order chi connectivity index (χ1) is 10.0. The highest BCUT2D eigenvalue weighted by molar-refractivity contribution is 7.89. The molecule has 0 unspecified atom stereocenters. The van der Waals surface area contributed by atoms with Crippen molar-refractivity contribution in [2.24, 2.45) is 0 Å². The molecular formula is C15H14N2O3S. The standard InChI is InChI=1S/C15H14N2O3S/c1-16-21(19,20)14-6-2-5-13(10-14)15(18)8-7-12-4-3-9-17-11-12/h2-11,16H,1H3. The number of allylic oxidation sites excluding steroid dienone is 1. The van der Waals surface area contributed by atoms with Crippen molar-refractivity contribution in [3.05, 3.63) is 66.0 Å². The molecule has 2 rings (SSSR count). The highest BCUT2D eigenvalue weighted by atomic mass is 32.2. The van der Waals surface area contributed by atoms with E-state index in [2.05, 4.69) is 9.71 Å². The van der Waals surface area contributed by atoms with E-state index < -0.39 is 10.0 Å². The molecule has 1 aromatic carbocycles. The van der Waals surface area contributed by atoms with Crippen molar-refractivity contribution in [2.45, 2.75) is 4.90 Å². The topological polar surface area (TPSA) is 76.1 Å². The highest BCUT2D eigenvalue weighted by Gasteiger charge is 2.13. The van der Waals surface area contributed by atoms with E-state index in [1.54, 1.807) is 30.6 Å².